The molecule has 1 atom stereocenters. The van der Waals surface area contributed by atoms with Crippen molar-refractivity contribution in [2.75, 3.05) is 11.9 Å². The third kappa shape index (κ3) is 4.20. The minimum atomic E-state index is -3.69. The van der Waals surface area contributed by atoms with E-state index in [4.69, 9.17) is 10.9 Å². The summed E-state index contributed by atoms with van der Waals surface area (Å²) in [4.78, 5) is 4.16. The molecule has 0 saturated carbocycles. The maximum atomic E-state index is 11.3. The zero-order chi connectivity index (χ0) is 13.9. The molecular weight excluding hydrogens is 272 g/mol. The van der Waals surface area contributed by atoms with Gasteiger partial charge in [0.1, 0.15) is 0 Å². The number of primary sulfonamides is 1. The lowest BCUT2D eigenvalue weighted by Gasteiger charge is -2.17. The van der Waals surface area contributed by atoms with Gasteiger partial charge in [-0.25, -0.2) is 18.5 Å². The second-order valence-electron chi connectivity index (χ2n) is 4.64. The van der Waals surface area contributed by atoms with Crippen LogP contribution in [-0.4, -0.2) is 26.0 Å². The number of rotatable bonds is 6. The molecule has 0 bridgehead atoms. The Labute approximate surface area is 112 Å². The Morgan fingerprint density at radius 2 is 2.06 bits per heavy atom. The van der Waals surface area contributed by atoms with Crippen molar-refractivity contribution in [3.05, 3.63) is 5.69 Å². The molecule has 18 heavy (non-hydrogen) atoms. The SMILES string of the molecule is Cc1nc(NC(CN)CC(C)C)sc1S(N)(=O)=O. The molecule has 5 N–H and O–H groups in total. The van der Waals surface area contributed by atoms with E-state index in [-0.39, 0.29) is 10.3 Å². The molecule has 0 saturated heterocycles. The number of nitrogens with two attached hydrogens (primary N) is 2. The highest BCUT2D eigenvalue weighted by atomic mass is 32.2. The third-order valence-corrected chi connectivity index (χ3v) is 5.02. The van der Waals surface area contributed by atoms with Crippen molar-refractivity contribution < 1.29 is 8.42 Å². The average molecular weight is 292 g/mol. The Morgan fingerprint density at radius 3 is 2.44 bits per heavy atom. The van der Waals surface area contributed by atoms with Gasteiger partial charge in [0.25, 0.3) is 0 Å². The summed E-state index contributed by atoms with van der Waals surface area (Å²) in [6.07, 6.45) is 0.903. The van der Waals surface area contributed by atoms with Crippen molar-refractivity contribution in [2.24, 2.45) is 16.8 Å². The minimum Gasteiger partial charge on any atom is -0.357 e. The monoisotopic (exact) mass is 292 g/mol. The first kappa shape index (κ1) is 15.4. The second kappa shape index (κ2) is 5.96. The number of hydrogen-bond acceptors (Lipinski definition) is 6. The largest absolute Gasteiger partial charge is 0.357 e. The smallest absolute Gasteiger partial charge is 0.249 e. The Balaban J connectivity index is 2.86. The third-order valence-electron chi connectivity index (χ3n) is 2.38. The topological polar surface area (TPSA) is 111 Å². The number of aryl methyl sites for hydroxylation is 1. The van der Waals surface area contributed by atoms with Gasteiger partial charge in [-0.15, -0.1) is 0 Å². The maximum Gasteiger partial charge on any atom is 0.249 e. The maximum absolute atomic E-state index is 11.3. The summed E-state index contributed by atoms with van der Waals surface area (Å²) >= 11 is 1.05. The fourth-order valence-corrected chi connectivity index (χ4v) is 3.60. The fraction of sp³-hybridized carbons (Fsp3) is 0.700. The van der Waals surface area contributed by atoms with Gasteiger partial charge >= 0.3 is 0 Å². The molecule has 0 aliphatic heterocycles. The minimum absolute atomic E-state index is 0.0869. The van der Waals surface area contributed by atoms with Gasteiger partial charge in [0.15, 0.2) is 9.34 Å². The molecule has 1 rings (SSSR count). The van der Waals surface area contributed by atoms with Crippen LogP contribution in [0.15, 0.2) is 4.21 Å². The van der Waals surface area contributed by atoms with E-state index in [1.807, 2.05) is 0 Å². The summed E-state index contributed by atoms with van der Waals surface area (Å²) < 4.78 is 22.7. The zero-order valence-corrected chi connectivity index (χ0v) is 12.4. The van der Waals surface area contributed by atoms with E-state index >= 15 is 0 Å². The van der Waals surface area contributed by atoms with Gasteiger partial charge in [-0.05, 0) is 19.3 Å². The van der Waals surface area contributed by atoms with Crippen LogP contribution in [0.5, 0.6) is 0 Å². The average Bonchev–Trinajstić information content (AvgIpc) is 2.57. The molecule has 0 aliphatic carbocycles. The standard InChI is InChI=1S/C10H20N4O2S2/c1-6(2)4-8(5-11)14-10-13-7(3)9(17-10)18(12,15)16/h6,8H,4-5,11H2,1-3H3,(H,13,14)(H2,12,15,16). The summed E-state index contributed by atoms with van der Waals surface area (Å²) in [5.41, 5.74) is 6.09. The Morgan fingerprint density at radius 1 is 1.44 bits per heavy atom. The first-order chi connectivity index (χ1) is 8.24. The molecule has 6 nitrogen and oxygen atoms in total. The van der Waals surface area contributed by atoms with Gasteiger partial charge in [-0.1, -0.05) is 25.2 Å². The molecule has 1 aromatic rings. The molecule has 8 heteroatoms. The van der Waals surface area contributed by atoms with Crippen molar-refractivity contribution >= 4 is 26.5 Å². The second-order valence-corrected chi connectivity index (χ2v) is 7.40. The van der Waals surface area contributed by atoms with Crippen LogP contribution in [0.1, 0.15) is 26.0 Å². The lowest BCUT2D eigenvalue weighted by molar-refractivity contribution is 0.521. The van der Waals surface area contributed by atoms with Crippen LogP contribution in [-0.2, 0) is 10.0 Å². The van der Waals surface area contributed by atoms with Crippen LogP contribution >= 0.6 is 11.3 Å². The number of nitrogens with zero attached hydrogens (tertiary/aromatic N) is 1. The van der Waals surface area contributed by atoms with Gasteiger partial charge in [0.05, 0.1) is 5.69 Å². The molecule has 0 fully saturated rings. The highest BCUT2D eigenvalue weighted by molar-refractivity contribution is 7.91. The predicted molar refractivity (Wildman–Crippen MR) is 74.1 cm³/mol. The molecular formula is C10H20N4O2S2. The zero-order valence-electron chi connectivity index (χ0n) is 10.8. The van der Waals surface area contributed by atoms with E-state index in [2.05, 4.69) is 24.1 Å². The van der Waals surface area contributed by atoms with Crippen LogP contribution in [0.4, 0.5) is 5.13 Å². The molecule has 0 amide bonds. The van der Waals surface area contributed by atoms with Crippen molar-refractivity contribution in [3.63, 3.8) is 0 Å². The Bertz CT molecular complexity index is 496. The molecule has 0 radical (unpaired) electrons. The van der Waals surface area contributed by atoms with E-state index in [0.717, 1.165) is 17.8 Å². The van der Waals surface area contributed by atoms with E-state index in [0.29, 0.717) is 23.3 Å². The fourth-order valence-electron chi connectivity index (χ4n) is 1.67. The molecule has 1 heterocycles. The Kier molecular flexibility index (Phi) is 5.09. The van der Waals surface area contributed by atoms with Crippen LogP contribution in [0.3, 0.4) is 0 Å². The van der Waals surface area contributed by atoms with Gasteiger partial charge in [-0.2, -0.15) is 0 Å². The molecule has 1 unspecified atom stereocenters. The van der Waals surface area contributed by atoms with Crippen LogP contribution < -0.4 is 16.2 Å². The first-order valence-corrected chi connectivity index (χ1v) is 8.07. The molecule has 104 valence electrons. The number of thiazole rings is 1. The molecule has 0 spiro atoms. The van der Waals surface area contributed by atoms with E-state index in [9.17, 15) is 8.42 Å². The highest BCUT2D eigenvalue weighted by Gasteiger charge is 2.19. The summed E-state index contributed by atoms with van der Waals surface area (Å²) in [6, 6.07) is 0.0869. The van der Waals surface area contributed by atoms with Gasteiger partial charge < -0.3 is 11.1 Å². The number of aromatic nitrogens is 1. The van der Waals surface area contributed by atoms with Gasteiger partial charge in [0.2, 0.25) is 10.0 Å². The summed E-state index contributed by atoms with van der Waals surface area (Å²) in [7, 11) is -3.69. The molecule has 0 aliphatic rings. The number of hydrogen-bond donors (Lipinski definition) is 3. The lowest BCUT2D eigenvalue weighted by atomic mass is 10.0. The van der Waals surface area contributed by atoms with Gasteiger partial charge in [0, 0.05) is 12.6 Å². The first-order valence-electron chi connectivity index (χ1n) is 5.70. The Hall–Kier alpha value is -0.700. The number of nitrogens with one attached hydrogen (secondary N) is 1. The predicted octanol–water partition coefficient (Wildman–Crippen LogP) is 0.884. The van der Waals surface area contributed by atoms with Crippen molar-refractivity contribution in [2.45, 2.75) is 37.4 Å². The van der Waals surface area contributed by atoms with Gasteiger partial charge in [-0.3, -0.25) is 0 Å². The van der Waals surface area contributed by atoms with E-state index < -0.39 is 10.0 Å². The molecule has 1 aromatic heterocycles. The van der Waals surface area contributed by atoms with Crippen LogP contribution in [0.25, 0.3) is 0 Å². The summed E-state index contributed by atoms with van der Waals surface area (Å²) in [6.45, 7) is 6.31. The summed E-state index contributed by atoms with van der Waals surface area (Å²) in [5, 5.41) is 8.81. The highest BCUT2D eigenvalue weighted by Crippen LogP contribution is 2.26. The number of sulfonamides is 1. The quantitative estimate of drug-likeness (QED) is 0.721. The lowest BCUT2D eigenvalue weighted by Crippen LogP contribution is -2.30. The van der Waals surface area contributed by atoms with Crippen molar-refractivity contribution in [1.29, 1.82) is 0 Å². The molecule has 0 aromatic carbocycles. The number of anilines is 1. The normalized spacial score (nSPS) is 13.9. The van der Waals surface area contributed by atoms with E-state index in [1.54, 1.807) is 6.92 Å². The van der Waals surface area contributed by atoms with Crippen LogP contribution in [0.2, 0.25) is 0 Å². The van der Waals surface area contributed by atoms with Crippen molar-refractivity contribution in [3.8, 4) is 0 Å². The van der Waals surface area contributed by atoms with E-state index in [1.165, 1.54) is 0 Å². The van der Waals surface area contributed by atoms with Crippen LogP contribution in [0, 0.1) is 12.8 Å². The van der Waals surface area contributed by atoms with Crippen molar-refractivity contribution in [1.82, 2.24) is 4.98 Å². The summed E-state index contributed by atoms with van der Waals surface area (Å²) in [5.74, 6) is 0.504.